The van der Waals surface area contributed by atoms with E-state index in [1.807, 2.05) is 0 Å². The lowest BCUT2D eigenvalue weighted by Crippen LogP contribution is -2.42. The van der Waals surface area contributed by atoms with E-state index in [-0.39, 0.29) is 5.56 Å². The van der Waals surface area contributed by atoms with Crippen LogP contribution >= 0.6 is 0 Å². The fourth-order valence-electron chi connectivity index (χ4n) is 2.80. The first-order valence-electron chi connectivity index (χ1n) is 6.64. The summed E-state index contributed by atoms with van der Waals surface area (Å²) in [5.41, 5.74) is 0.901. The highest BCUT2D eigenvalue weighted by Gasteiger charge is 2.34. The summed E-state index contributed by atoms with van der Waals surface area (Å²) in [6.07, 6.45) is 1.96. The summed E-state index contributed by atoms with van der Waals surface area (Å²) in [4.78, 5) is 37.7. The van der Waals surface area contributed by atoms with E-state index in [1.54, 1.807) is 19.9 Å². The highest BCUT2D eigenvalue weighted by Crippen LogP contribution is 2.26. The lowest BCUT2D eigenvalue weighted by atomic mass is 10.0. The molecule has 2 unspecified atom stereocenters. The first-order valence-corrected chi connectivity index (χ1v) is 6.64. The molecule has 0 aromatic carbocycles. The van der Waals surface area contributed by atoms with Crippen LogP contribution in [0.25, 0.3) is 0 Å². The van der Waals surface area contributed by atoms with E-state index in [2.05, 4.69) is 10.3 Å². The smallest absolute Gasteiger partial charge is 0.308 e. The van der Waals surface area contributed by atoms with Gasteiger partial charge in [-0.05, 0) is 38.3 Å². The summed E-state index contributed by atoms with van der Waals surface area (Å²) in [6, 6.07) is 1.32. The molecular formula is C14H18N2O4. The average molecular weight is 278 g/mol. The molecule has 0 spiro atoms. The van der Waals surface area contributed by atoms with Crippen LogP contribution in [-0.4, -0.2) is 28.0 Å². The summed E-state index contributed by atoms with van der Waals surface area (Å²) < 4.78 is 0. The minimum absolute atomic E-state index is 0.0617. The Balaban J connectivity index is 2.21. The van der Waals surface area contributed by atoms with E-state index in [4.69, 9.17) is 5.11 Å². The summed E-state index contributed by atoms with van der Waals surface area (Å²) >= 11 is 0. The molecule has 1 amide bonds. The predicted molar refractivity (Wildman–Crippen MR) is 72.8 cm³/mol. The molecule has 3 N–H and O–H groups in total. The van der Waals surface area contributed by atoms with Gasteiger partial charge in [0.25, 0.3) is 11.5 Å². The van der Waals surface area contributed by atoms with Crippen molar-refractivity contribution in [2.45, 2.75) is 39.2 Å². The van der Waals surface area contributed by atoms with Crippen LogP contribution in [0.4, 0.5) is 0 Å². The number of aliphatic carboxylic acids is 1. The SMILES string of the molecule is Cc1cc(C)c(C(=O)NC2CCCC2C(=O)O)c(=O)[nH]1. The molecule has 0 radical (unpaired) electrons. The second kappa shape index (κ2) is 5.48. The highest BCUT2D eigenvalue weighted by atomic mass is 16.4. The number of carbonyl (C=O) groups is 2. The van der Waals surface area contributed by atoms with Crippen LogP contribution in [0, 0.1) is 19.8 Å². The number of hydrogen-bond acceptors (Lipinski definition) is 3. The first-order chi connectivity index (χ1) is 9.40. The Morgan fingerprint density at radius 2 is 2.05 bits per heavy atom. The quantitative estimate of drug-likeness (QED) is 0.767. The highest BCUT2D eigenvalue weighted by molar-refractivity contribution is 5.95. The maximum Gasteiger partial charge on any atom is 0.308 e. The molecule has 6 heteroatoms. The van der Waals surface area contributed by atoms with Crippen molar-refractivity contribution in [2.24, 2.45) is 5.92 Å². The number of aromatic nitrogens is 1. The maximum atomic E-state index is 12.2. The summed E-state index contributed by atoms with van der Waals surface area (Å²) in [5.74, 6) is -1.96. The third-order valence-corrected chi connectivity index (χ3v) is 3.74. The number of carboxylic acid groups (broad SMARTS) is 1. The van der Waals surface area contributed by atoms with Crippen molar-refractivity contribution in [1.29, 1.82) is 0 Å². The Morgan fingerprint density at radius 1 is 1.35 bits per heavy atom. The van der Waals surface area contributed by atoms with Crippen LogP contribution in [0.1, 0.15) is 40.9 Å². The standard InChI is InChI=1S/C14H18N2O4/c1-7-6-8(2)15-12(17)11(7)13(18)16-10-5-3-4-9(10)14(19)20/h6,9-10H,3-5H2,1-2H3,(H,15,17)(H,16,18)(H,19,20). The number of hydrogen-bond donors (Lipinski definition) is 3. The molecule has 1 aromatic rings. The Hall–Kier alpha value is -2.11. The number of carboxylic acids is 1. The molecule has 1 aliphatic rings. The average Bonchev–Trinajstić information content (AvgIpc) is 2.75. The van der Waals surface area contributed by atoms with E-state index in [0.717, 1.165) is 6.42 Å². The van der Waals surface area contributed by atoms with Crippen molar-refractivity contribution in [3.63, 3.8) is 0 Å². The van der Waals surface area contributed by atoms with Crippen LogP contribution in [0.5, 0.6) is 0 Å². The molecule has 1 aromatic heterocycles. The summed E-state index contributed by atoms with van der Waals surface area (Å²) in [6.45, 7) is 3.44. The minimum Gasteiger partial charge on any atom is -0.481 e. The number of aryl methyl sites for hydroxylation is 2. The zero-order chi connectivity index (χ0) is 14.9. The van der Waals surface area contributed by atoms with Crippen molar-refractivity contribution in [3.05, 3.63) is 33.2 Å². The Kier molecular flexibility index (Phi) is 3.92. The number of nitrogens with one attached hydrogen (secondary N) is 2. The van der Waals surface area contributed by atoms with Crippen molar-refractivity contribution in [1.82, 2.24) is 10.3 Å². The molecule has 0 saturated heterocycles. The fourth-order valence-corrected chi connectivity index (χ4v) is 2.80. The zero-order valence-corrected chi connectivity index (χ0v) is 11.5. The van der Waals surface area contributed by atoms with Gasteiger partial charge >= 0.3 is 5.97 Å². The molecule has 0 bridgehead atoms. The molecule has 20 heavy (non-hydrogen) atoms. The molecule has 2 atom stereocenters. The van der Waals surface area contributed by atoms with Gasteiger partial charge in [0, 0.05) is 11.7 Å². The van der Waals surface area contributed by atoms with Gasteiger partial charge in [0.2, 0.25) is 0 Å². The van der Waals surface area contributed by atoms with Crippen LogP contribution in [0.15, 0.2) is 10.9 Å². The third-order valence-electron chi connectivity index (χ3n) is 3.74. The topological polar surface area (TPSA) is 99.3 Å². The molecule has 1 fully saturated rings. The van der Waals surface area contributed by atoms with Gasteiger partial charge in [0.1, 0.15) is 5.56 Å². The van der Waals surface area contributed by atoms with Gasteiger partial charge in [-0.1, -0.05) is 6.42 Å². The molecule has 1 heterocycles. The lowest BCUT2D eigenvalue weighted by molar-refractivity contribution is -0.142. The van der Waals surface area contributed by atoms with Gasteiger partial charge < -0.3 is 15.4 Å². The minimum atomic E-state index is -0.901. The molecule has 1 aliphatic carbocycles. The van der Waals surface area contributed by atoms with Crippen molar-refractivity contribution in [2.75, 3.05) is 0 Å². The Morgan fingerprint density at radius 3 is 2.65 bits per heavy atom. The lowest BCUT2D eigenvalue weighted by Gasteiger charge is -2.18. The number of aromatic amines is 1. The fraction of sp³-hybridized carbons (Fsp3) is 0.500. The normalized spacial score (nSPS) is 21.7. The Bertz CT molecular complexity index is 606. The van der Waals surface area contributed by atoms with E-state index >= 15 is 0 Å². The van der Waals surface area contributed by atoms with Crippen molar-refractivity contribution in [3.8, 4) is 0 Å². The van der Waals surface area contributed by atoms with E-state index in [1.165, 1.54) is 0 Å². The Labute approximate surface area is 116 Å². The van der Waals surface area contributed by atoms with Gasteiger partial charge in [0.15, 0.2) is 0 Å². The predicted octanol–water partition coefficient (Wildman–Crippen LogP) is 0.975. The van der Waals surface area contributed by atoms with Crippen molar-refractivity contribution < 1.29 is 14.7 Å². The number of carbonyl (C=O) groups excluding carboxylic acids is 1. The number of H-pyrrole nitrogens is 1. The zero-order valence-electron chi connectivity index (χ0n) is 11.5. The summed E-state index contributed by atoms with van der Waals surface area (Å²) in [5, 5.41) is 11.8. The number of rotatable bonds is 3. The van der Waals surface area contributed by atoms with E-state index in [9.17, 15) is 14.4 Å². The molecule has 6 nitrogen and oxygen atoms in total. The van der Waals surface area contributed by atoms with Gasteiger partial charge in [-0.25, -0.2) is 0 Å². The van der Waals surface area contributed by atoms with Gasteiger partial charge in [-0.2, -0.15) is 0 Å². The molecule has 0 aliphatic heterocycles. The molecule has 108 valence electrons. The van der Waals surface area contributed by atoms with Crippen LogP contribution in [0.3, 0.4) is 0 Å². The largest absolute Gasteiger partial charge is 0.481 e. The molecule has 2 rings (SSSR count). The van der Waals surface area contributed by atoms with Crippen LogP contribution in [0.2, 0.25) is 0 Å². The second-order valence-corrected chi connectivity index (χ2v) is 5.30. The van der Waals surface area contributed by atoms with Crippen LogP contribution in [-0.2, 0) is 4.79 Å². The number of amides is 1. The molecular weight excluding hydrogens is 260 g/mol. The van der Waals surface area contributed by atoms with E-state index in [0.29, 0.717) is 24.1 Å². The number of pyridine rings is 1. The van der Waals surface area contributed by atoms with Crippen molar-refractivity contribution >= 4 is 11.9 Å². The van der Waals surface area contributed by atoms with Crippen LogP contribution < -0.4 is 10.9 Å². The first kappa shape index (κ1) is 14.3. The summed E-state index contributed by atoms with van der Waals surface area (Å²) in [7, 11) is 0. The third kappa shape index (κ3) is 2.74. The van der Waals surface area contributed by atoms with E-state index < -0.39 is 29.4 Å². The second-order valence-electron chi connectivity index (χ2n) is 5.30. The van der Waals surface area contributed by atoms with Gasteiger partial charge in [-0.15, -0.1) is 0 Å². The monoisotopic (exact) mass is 278 g/mol. The van der Waals surface area contributed by atoms with Gasteiger partial charge in [0.05, 0.1) is 5.92 Å². The molecule has 1 saturated carbocycles. The van der Waals surface area contributed by atoms with Gasteiger partial charge in [-0.3, -0.25) is 14.4 Å². The maximum absolute atomic E-state index is 12.2.